The number of rotatable bonds is 4. The number of nitrogen functional groups attached to an aromatic ring is 1. The van der Waals surface area contributed by atoms with Crippen LogP contribution < -0.4 is 15.8 Å². The Morgan fingerprint density at radius 2 is 2.19 bits per heavy atom. The van der Waals surface area contributed by atoms with Gasteiger partial charge >= 0.3 is 0 Å². The Hall–Kier alpha value is -2.14. The van der Waals surface area contributed by atoms with Crippen molar-refractivity contribution in [2.24, 2.45) is 0 Å². The third-order valence-corrected chi connectivity index (χ3v) is 3.69. The molecule has 5 nitrogen and oxygen atoms in total. The quantitative estimate of drug-likeness (QED) is 0.910. The Labute approximate surface area is 127 Å². The van der Waals surface area contributed by atoms with E-state index in [0.717, 1.165) is 12.8 Å². The van der Waals surface area contributed by atoms with Crippen molar-refractivity contribution in [1.29, 1.82) is 0 Å². The van der Waals surface area contributed by atoms with Crippen molar-refractivity contribution in [3.05, 3.63) is 41.2 Å². The Balaban J connectivity index is 1.88. The summed E-state index contributed by atoms with van der Waals surface area (Å²) in [5, 5.41) is 3.36. The van der Waals surface area contributed by atoms with E-state index in [1.54, 1.807) is 31.4 Å². The normalized spacial score (nSPS) is 14.0. The molecule has 1 aliphatic carbocycles. The molecule has 3 N–H and O–H groups in total. The number of ether oxygens (including phenoxy) is 1. The molecule has 0 atom stereocenters. The number of anilines is 2. The summed E-state index contributed by atoms with van der Waals surface area (Å²) in [5.74, 6) is 0.337. The average molecular weight is 306 g/mol. The minimum Gasteiger partial charge on any atom is -0.495 e. The smallest absolute Gasteiger partial charge is 0.272 e. The summed E-state index contributed by atoms with van der Waals surface area (Å²) in [7, 11) is 1.55. The SMILES string of the molecule is COc1ccc(Cl)cc1NC(=O)c1cc(N)cn1C1CC1. The first kappa shape index (κ1) is 13.8. The molecular formula is C15H16ClN3O2. The van der Waals surface area contributed by atoms with Gasteiger partial charge in [0.15, 0.2) is 0 Å². The third kappa shape index (κ3) is 2.83. The second-order valence-corrected chi connectivity index (χ2v) is 5.53. The molecule has 0 radical (unpaired) electrons. The number of carbonyl (C=O) groups is 1. The lowest BCUT2D eigenvalue weighted by molar-refractivity contribution is 0.101. The van der Waals surface area contributed by atoms with Crippen LogP contribution in [0.4, 0.5) is 11.4 Å². The number of carbonyl (C=O) groups excluding carboxylic acids is 1. The maximum atomic E-state index is 12.5. The number of methoxy groups -OCH3 is 1. The predicted molar refractivity (Wildman–Crippen MR) is 83.1 cm³/mol. The first-order valence-corrected chi connectivity index (χ1v) is 7.08. The van der Waals surface area contributed by atoms with E-state index >= 15 is 0 Å². The van der Waals surface area contributed by atoms with Crippen LogP contribution >= 0.6 is 11.6 Å². The van der Waals surface area contributed by atoms with Crippen molar-refractivity contribution in [2.45, 2.75) is 18.9 Å². The van der Waals surface area contributed by atoms with E-state index in [9.17, 15) is 4.79 Å². The molecule has 1 fully saturated rings. The molecule has 110 valence electrons. The van der Waals surface area contributed by atoms with Gasteiger partial charge in [-0.2, -0.15) is 0 Å². The van der Waals surface area contributed by atoms with Crippen molar-refractivity contribution in [3.8, 4) is 5.75 Å². The van der Waals surface area contributed by atoms with Gasteiger partial charge in [-0.15, -0.1) is 0 Å². The van der Waals surface area contributed by atoms with Crippen LogP contribution in [0.3, 0.4) is 0 Å². The third-order valence-electron chi connectivity index (χ3n) is 3.45. The van der Waals surface area contributed by atoms with E-state index in [4.69, 9.17) is 22.1 Å². The molecule has 21 heavy (non-hydrogen) atoms. The number of hydrogen-bond donors (Lipinski definition) is 2. The highest BCUT2D eigenvalue weighted by atomic mass is 35.5. The van der Waals surface area contributed by atoms with Crippen LogP contribution in [0.15, 0.2) is 30.5 Å². The van der Waals surface area contributed by atoms with Gasteiger partial charge in [-0.05, 0) is 37.1 Å². The number of amides is 1. The zero-order valence-corrected chi connectivity index (χ0v) is 12.4. The van der Waals surface area contributed by atoms with Crippen molar-refractivity contribution in [2.75, 3.05) is 18.2 Å². The topological polar surface area (TPSA) is 69.3 Å². The van der Waals surface area contributed by atoms with Gasteiger partial charge in [0.2, 0.25) is 0 Å². The molecule has 1 heterocycles. The average Bonchev–Trinajstić information content (AvgIpc) is 3.21. The van der Waals surface area contributed by atoms with Gasteiger partial charge in [0.05, 0.1) is 18.5 Å². The number of benzene rings is 1. The number of halogens is 1. The van der Waals surface area contributed by atoms with Crippen LogP contribution in [-0.4, -0.2) is 17.6 Å². The zero-order valence-electron chi connectivity index (χ0n) is 11.6. The van der Waals surface area contributed by atoms with E-state index < -0.39 is 0 Å². The van der Waals surface area contributed by atoms with Gasteiger partial charge in [-0.3, -0.25) is 4.79 Å². The molecule has 1 amide bonds. The summed E-state index contributed by atoms with van der Waals surface area (Å²) in [6, 6.07) is 7.15. The van der Waals surface area contributed by atoms with Crippen LogP contribution in [0.5, 0.6) is 5.75 Å². The molecule has 0 unspecified atom stereocenters. The lowest BCUT2D eigenvalue weighted by atomic mass is 10.2. The van der Waals surface area contributed by atoms with Crippen molar-refractivity contribution in [1.82, 2.24) is 4.57 Å². The first-order chi connectivity index (χ1) is 10.1. The van der Waals surface area contributed by atoms with Gasteiger partial charge in [-0.25, -0.2) is 0 Å². The minimum absolute atomic E-state index is 0.223. The van der Waals surface area contributed by atoms with E-state index in [1.165, 1.54) is 0 Å². The number of nitrogens with zero attached hydrogens (tertiary/aromatic N) is 1. The predicted octanol–water partition coefficient (Wildman–Crippen LogP) is 3.32. The molecule has 0 saturated heterocycles. The molecule has 2 aromatic rings. The Morgan fingerprint density at radius 3 is 2.86 bits per heavy atom. The minimum atomic E-state index is -0.223. The van der Waals surface area contributed by atoms with Crippen LogP contribution in [0.1, 0.15) is 29.4 Å². The van der Waals surface area contributed by atoms with E-state index in [1.807, 2.05) is 10.8 Å². The van der Waals surface area contributed by atoms with Crippen LogP contribution in [0.2, 0.25) is 5.02 Å². The fourth-order valence-corrected chi connectivity index (χ4v) is 2.47. The highest BCUT2D eigenvalue weighted by molar-refractivity contribution is 6.31. The largest absolute Gasteiger partial charge is 0.495 e. The maximum Gasteiger partial charge on any atom is 0.272 e. The molecule has 6 heteroatoms. The lowest BCUT2D eigenvalue weighted by Gasteiger charge is -2.12. The molecule has 1 aromatic carbocycles. The Bertz CT molecular complexity index is 692. The van der Waals surface area contributed by atoms with Crippen LogP contribution in [0, 0.1) is 0 Å². The summed E-state index contributed by atoms with van der Waals surface area (Å²) in [5.41, 5.74) is 7.49. The number of aromatic nitrogens is 1. The van der Waals surface area contributed by atoms with Gasteiger partial charge in [0.25, 0.3) is 5.91 Å². The Kier molecular flexibility index (Phi) is 3.51. The van der Waals surface area contributed by atoms with Gasteiger partial charge < -0.3 is 20.4 Å². The molecule has 1 aliphatic rings. The maximum absolute atomic E-state index is 12.5. The standard InChI is InChI=1S/C15H16ClN3O2/c1-21-14-5-2-9(16)6-12(14)18-15(20)13-7-10(17)8-19(13)11-3-4-11/h2,5-8,11H,3-4,17H2,1H3,(H,18,20). The molecule has 1 saturated carbocycles. The fourth-order valence-electron chi connectivity index (χ4n) is 2.30. The van der Waals surface area contributed by atoms with E-state index in [0.29, 0.717) is 33.9 Å². The monoisotopic (exact) mass is 305 g/mol. The first-order valence-electron chi connectivity index (χ1n) is 6.70. The molecule has 0 spiro atoms. The fraction of sp³-hybridized carbons (Fsp3) is 0.267. The zero-order chi connectivity index (χ0) is 15.0. The van der Waals surface area contributed by atoms with Crippen molar-refractivity contribution < 1.29 is 9.53 Å². The molecule has 1 aromatic heterocycles. The van der Waals surface area contributed by atoms with Crippen LogP contribution in [0.25, 0.3) is 0 Å². The molecule has 0 aliphatic heterocycles. The van der Waals surface area contributed by atoms with Crippen molar-refractivity contribution in [3.63, 3.8) is 0 Å². The number of nitrogens with two attached hydrogens (primary N) is 1. The summed E-state index contributed by atoms with van der Waals surface area (Å²) in [6.45, 7) is 0. The summed E-state index contributed by atoms with van der Waals surface area (Å²) in [4.78, 5) is 12.5. The Morgan fingerprint density at radius 1 is 1.43 bits per heavy atom. The summed E-state index contributed by atoms with van der Waals surface area (Å²) >= 11 is 5.97. The number of hydrogen-bond acceptors (Lipinski definition) is 3. The van der Waals surface area contributed by atoms with Gasteiger partial charge in [-0.1, -0.05) is 11.6 Å². The molecule has 0 bridgehead atoms. The summed E-state index contributed by atoms with van der Waals surface area (Å²) in [6.07, 6.45) is 3.96. The molecular weight excluding hydrogens is 290 g/mol. The van der Waals surface area contributed by atoms with Crippen LogP contribution in [-0.2, 0) is 0 Å². The summed E-state index contributed by atoms with van der Waals surface area (Å²) < 4.78 is 7.16. The second-order valence-electron chi connectivity index (χ2n) is 5.10. The number of nitrogens with one attached hydrogen (secondary N) is 1. The highest BCUT2D eigenvalue weighted by Gasteiger charge is 2.28. The van der Waals surface area contributed by atoms with Gasteiger partial charge in [0.1, 0.15) is 11.4 Å². The van der Waals surface area contributed by atoms with E-state index in [2.05, 4.69) is 5.32 Å². The lowest BCUT2D eigenvalue weighted by Crippen LogP contribution is -2.16. The highest BCUT2D eigenvalue weighted by Crippen LogP contribution is 2.37. The van der Waals surface area contributed by atoms with Gasteiger partial charge in [0, 0.05) is 17.3 Å². The van der Waals surface area contributed by atoms with E-state index in [-0.39, 0.29) is 5.91 Å². The second kappa shape index (κ2) is 5.33. The van der Waals surface area contributed by atoms with Crippen molar-refractivity contribution >= 4 is 28.9 Å². The molecule has 3 rings (SSSR count).